The van der Waals surface area contributed by atoms with E-state index in [2.05, 4.69) is 12.6 Å². The first-order valence-electron chi connectivity index (χ1n) is 2.57. The van der Waals surface area contributed by atoms with Crippen molar-refractivity contribution in [3.05, 3.63) is 0 Å². The highest BCUT2D eigenvalue weighted by atomic mass is 32.1. The van der Waals surface area contributed by atoms with E-state index in [-0.39, 0.29) is 17.4 Å². The average Bonchev–Trinajstić information content (AvgIpc) is 1.62. The van der Waals surface area contributed by atoms with Gasteiger partial charge in [-0.05, 0) is 13.8 Å². The molecule has 0 spiro atoms. The predicted octanol–water partition coefficient (Wildman–Crippen LogP) is 0.0144. The molecular weight excluding hydrogens is 122 g/mol. The van der Waals surface area contributed by atoms with E-state index < -0.39 is 0 Å². The Labute approximate surface area is 55.5 Å². The standard InChI is InChI=1S/C5H13NOS/c1-5(2,8)4(6)3-7/h4,7-8H,3,6H2,1-2H3. The van der Waals surface area contributed by atoms with Crippen LogP contribution in [0.4, 0.5) is 0 Å². The second-order valence-electron chi connectivity index (χ2n) is 2.44. The Hall–Kier alpha value is 0.270. The van der Waals surface area contributed by atoms with Gasteiger partial charge in [-0.15, -0.1) is 0 Å². The molecule has 0 rings (SSSR count). The van der Waals surface area contributed by atoms with E-state index in [1.165, 1.54) is 0 Å². The molecule has 0 aliphatic carbocycles. The number of aliphatic hydroxyl groups is 1. The van der Waals surface area contributed by atoms with Crippen LogP contribution in [0.1, 0.15) is 13.8 Å². The lowest BCUT2D eigenvalue weighted by molar-refractivity contribution is 0.249. The maximum Gasteiger partial charge on any atom is 0.0595 e. The molecule has 0 radical (unpaired) electrons. The number of rotatable bonds is 2. The lowest BCUT2D eigenvalue weighted by Crippen LogP contribution is -2.41. The minimum Gasteiger partial charge on any atom is -0.395 e. The van der Waals surface area contributed by atoms with Crippen LogP contribution in [0.5, 0.6) is 0 Å². The largest absolute Gasteiger partial charge is 0.395 e. The normalized spacial score (nSPS) is 16.1. The van der Waals surface area contributed by atoms with E-state index in [1.807, 2.05) is 13.8 Å². The Morgan fingerprint density at radius 2 is 2.12 bits per heavy atom. The average molecular weight is 135 g/mol. The van der Waals surface area contributed by atoms with Crippen LogP contribution < -0.4 is 5.73 Å². The zero-order valence-corrected chi connectivity index (χ0v) is 6.15. The molecule has 3 heteroatoms. The van der Waals surface area contributed by atoms with Crippen LogP contribution in [0.2, 0.25) is 0 Å². The molecule has 0 amide bonds. The van der Waals surface area contributed by atoms with Gasteiger partial charge < -0.3 is 10.8 Å². The molecule has 1 unspecified atom stereocenters. The summed E-state index contributed by atoms with van der Waals surface area (Å²) in [6.07, 6.45) is 0. The molecule has 0 bridgehead atoms. The fraction of sp³-hybridized carbons (Fsp3) is 1.00. The van der Waals surface area contributed by atoms with Crippen LogP contribution in [-0.2, 0) is 0 Å². The topological polar surface area (TPSA) is 46.2 Å². The summed E-state index contributed by atoms with van der Waals surface area (Å²) in [5.74, 6) is 0. The smallest absolute Gasteiger partial charge is 0.0595 e. The van der Waals surface area contributed by atoms with Crippen molar-refractivity contribution < 1.29 is 5.11 Å². The highest BCUT2D eigenvalue weighted by Crippen LogP contribution is 2.14. The molecule has 0 aliphatic rings. The lowest BCUT2D eigenvalue weighted by Gasteiger charge is -2.23. The second kappa shape index (κ2) is 2.71. The van der Waals surface area contributed by atoms with Gasteiger partial charge in [-0.2, -0.15) is 12.6 Å². The van der Waals surface area contributed by atoms with Gasteiger partial charge in [0.1, 0.15) is 0 Å². The van der Waals surface area contributed by atoms with Gasteiger partial charge in [0, 0.05) is 10.8 Å². The summed E-state index contributed by atoms with van der Waals surface area (Å²) >= 11 is 4.14. The molecule has 0 aliphatic heterocycles. The van der Waals surface area contributed by atoms with Crippen molar-refractivity contribution in [3.63, 3.8) is 0 Å². The Kier molecular flexibility index (Phi) is 2.80. The Morgan fingerprint density at radius 3 is 2.12 bits per heavy atom. The molecule has 2 nitrogen and oxygen atoms in total. The summed E-state index contributed by atoms with van der Waals surface area (Å²) in [4.78, 5) is 0. The first-order chi connectivity index (χ1) is 3.48. The molecule has 0 saturated carbocycles. The van der Waals surface area contributed by atoms with Gasteiger partial charge in [0.25, 0.3) is 0 Å². The monoisotopic (exact) mass is 135 g/mol. The van der Waals surface area contributed by atoms with Crippen LogP contribution in [-0.4, -0.2) is 22.5 Å². The highest BCUT2D eigenvalue weighted by molar-refractivity contribution is 7.81. The molecule has 0 saturated heterocycles. The van der Waals surface area contributed by atoms with Crippen LogP contribution in [0.15, 0.2) is 0 Å². The zero-order valence-electron chi connectivity index (χ0n) is 5.26. The van der Waals surface area contributed by atoms with E-state index in [0.717, 1.165) is 0 Å². The number of thiol groups is 1. The SMILES string of the molecule is CC(C)(S)C(N)CO. The van der Waals surface area contributed by atoms with E-state index in [9.17, 15) is 0 Å². The number of nitrogens with two attached hydrogens (primary N) is 1. The van der Waals surface area contributed by atoms with Crippen LogP contribution in [0.25, 0.3) is 0 Å². The van der Waals surface area contributed by atoms with Crippen LogP contribution in [0, 0.1) is 0 Å². The van der Waals surface area contributed by atoms with Crippen molar-refractivity contribution in [2.24, 2.45) is 5.73 Å². The maximum absolute atomic E-state index is 8.50. The van der Waals surface area contributed by atoms with E-state index in [1.54, 1.807) is 0 Å². The number of hydrogen-bond donors (Lipinski definition) is 3. The minimum atomic E-state index is -0.269. The van der Waals surface area contributed by atoms with Crippen LogP contribution >= 0.6 is 12.6 Å². The molecular formula is C5H13NOS. The molecule has 1 atom stereocenters. The lowest BCUT2D eigenvalue weighted by atomic mass is 10.1. The van der Waals surface area contributed by atoms with Crippen molar-refractivity contribution in [1.29, 1.82) is 0 Å². The molecule has 0 aromatic carbocycles. The van der Waals surface area contributed by atoms with Crippen molar-refractivity contribution in [2.75, 3.05) is 6.61 Å². The fourth-order valence-electron chi connectivity index (χ4n) is 0.223. The number of hydrogen-bond acceptors (Lipinski definition) is 3. The van der Waals surface area contributed by atoms with Gasteiger partial charge in [-0.25, -0.2) is 0 Å². The van der Waals surface area contributed by atoms with Gasteiger partial charge in [0.05, 0.1) is 6.61 Å². The van der Waals surface area contributed by atoms with Gasteiger partial charge in [0.15, 0.2) is 0 Å². The van der Waals surface area contributed by atoms with Crippen molar-refractivity contribution in [1.82, 2.24) is 0 Å². The molecule has 0 fully saturated rings. The minimum absolute atomic E-state index is 0.00347. The number of aliphatic hydroxyl groups excluding tert-OH is 1. The summed E-state index contributed by atoms with van der Waals surface area (Å²) in [6, 6.07) is -0.231. The molecule has 50 valence electrons. The van der Waals surface area contributed by atoms with Gasteiger partial charge in [-0.1, -0.05) is 0 Å². The van der Waals surface area contributed by atoms with Gasteiger partial charge in [0.2, 0.25) is 0 Å². The summed E-state index contributed by atoms with van der Waals surface area (Å²) < 4.78 is -0.269. The second-order valence-corrected chi connectivity index (χ2v) is 3.60. The maximum atomic E-state index is 8.50. The molecule has 0 heterocycles. The third-order valence-electron chi connectivity index (χ3n) is 1.10. The first kappa shape index (κ1) is 8.27. The van der Waals surface area contributed by atoms with Gasteiger partial charge in [-0.3, -0.25) is 0 Å². The Morgan fingerprint density at radius 1 is 1.75 bits per heavy atom. The van der Waals surface area contributed by atoms with Crippen LogP contribution in [0.3, 0.4) is 0 Å². The third-order valence-corrected chi connectivity index (χ3v) is 1.44. The van der Waals surface area contributed by atoms with E-state index in [0.29, 0.717) is 0 Å². The molecule has 0 aromatic heterocycles. The fourth-order valence-corrected chi connectivity index (χ4v) is 0.305. The Bertz CT molecular complexity index is 69.3. The van der Waals surface area contributed by atoms with E-state index in [4.69, 9.17) is 10.8 Å². The van der Waals surface area contributed by atoms with E-state index >= 15 is 0 Å². The highest BCUT2D eigenvalue weighted by Gasteiger charge is 2.19. The van der Waals surface area contributed by atoms with Crippen molar-refractivity contribution in [2.45, 2.75) is 24.6 Å². The van der Waals surface area contributed by atoms with Gasteiger partial charge >= 0.3 is 0 Å². The molecule has 8 heavy (non-hydrogen) atoms. The third kappa shape index (κ3) is 2.55. The predicted molar refractivity (Wildman–Crippen MR) is 38.1 cm³/mol. The Balaban J connectivity index is 3.62. The summed E-state index contributed by atoms with van der Waals surface area (Å²) in [6.45, 7) is 3.74. The summed E-state index contributed by atoms with van der Waals surface area (Å²) in [7, 11) is 0. The first-order valence-corrected chi connectivity index (χ1v) is 3.02. The molecule has 3 N–H and O–H groups in total. The van der Waals surface area contributed by atoms with Crippen molar-refractivity contribution in [3.8, 4) is 0 Å². The van der Waals surface area contributed by atoms with Crippen molar-refractivity contribution >= 4 is 12.6 Å². The summed E-state index contributed by atoms with van der Waals surface area (Å²) in [5, 5.41) is 8.50. The molecule has 0 aromatic rings. The zero-order chi connectivity index (χ0) is 6.78. The quantitative estimate of drug-likeness (QED) is 0.467. The summed E-state index contributed by atoms with van der Waals surface area (Å²) in [5.41, 5.74) is 5.42.